The van der Waals surface area contributed by atoms with Gasteiger partial charge < -0.3 is 21.7 Å². The molecule has 2 aromatic carbocycles. The topological polar surface area (TPSA) is 110 Å². The number of nitrogen functional groups attached to an aromatic ring is 1. The molecule has 0 aliphatic carbocycles. The molecule has 2 rings (SSSR count). The van der Waals surface area contributed by atoms with Crippen molar-refractivity contribution in [1.82, 2.24) is 0 Å². The van der Waals surface area contributed by atoms with Gasteiger partial charge in [-0.2, -0.15) is 0 Å². The van der Waals surface area contributed by atoms with Gasteiger partial charge >= 0.3 is 0 Å². The summed E-state index contributed by atoms with van der Waals surface area (Å²) >= 11 is 0. The number of hydrogen-bond acceptors (Lipinski definition) is 4. The van der Waals surface area contributed by atoms with Gasteiger partial charge in [-0.1, -0.05) is 6.07 Å². The van der Waals surface area contributed by atoms with E-state index in [1.807, 2.05) is 0 Å². The van der Waals surface area contributed by atoms with Gasteiger partial charge in [-0.15, -0.1) is 0 Å². The van der Waals surface area contributed by atoms with Crippen molar-refractivity contribution < 1.29 is 15.0 Å². The second-order valence-corrected chi connectivity index (χ2v) is 3.76. The molecule has 88 valence electrons. The summed E-state index contributed by atoms with van der Waals surface area (Å²) in [4.78, 5) is 11.0. The molecule has 0 saturated heterocycles. The minimum atomic E-state index is -0.538. The van der Waals surface area contributed by atoms with Gasteiger partial charge in [0.25, 0.3) is 0 Å². The first-order valence-electron chi connectivity index (χ1n) is 4.99. The van der Waals surface area contributed by atoms with Gasteiger partial charge in [0.2, 0.25) is 5.91 Å². The highest BCUT2D eigenvalue weighted by Gasteiger charge is 2.11. The molecule has 0 bridgehead atoms. The Morgan fingerprint density at radius 2 is 2.00 bits per heavy atom. The Bertz CT molecular complexity index is 608. The molecule has 0 spiro atoms. The number of phenols is 1. The van der Waals surface area contributed by atoms with E-state index in [0.717, 1.165) is 0 Å². The number of primary amides is 1. The third-order valence-corrected chi connectivity index (χ3v) is 2.69. The number of amides is 1. The fourth-order valence-electron chi connectivity index (χ4n) is 1.76. The van der Waals surface area contributed by atoms with Crippen molar-refractivity contribution in [2.75, 3.05) is 5.73 Å². The van der Waals surface area contributed by atoms with E-state index in [-0.39, 0.29) is 18.0 Å². The lowest BCUT2D eigenvalue weighted by Gasteiger charge is -2.09. The number of carbonyl (C=O) groups is 1. The van der Waals surface area contributed by atoms with Crippen molar-refractivity contribution in [3.8, 4) is 5.75 Å². The van der Waals surface area contributed by atoms with Crippen LogP contribution in [0.5, 0.6) is 5.75 Å². The van der Waals surface area contributed by atoms with Gasteiger partial charge in [0, 0.05) is 16.5 Å². The average Bonchev–Trinajstić information content (AvgIpc) is 2.33. The van der Waals surface area contributed by atoms with Crippen molar-refractivity contribution in [3.63, 3.8) is 0 Å². The van der Waals surface area contributed by atoms with E-state index in [0.29, 0.717) is 21.9 Å². The number of anilines is 1. The Morgan fingerprint density at radius 3 is 2.59 bits per heavy atom. The fourth-order valence-corrected chi connectivity index (χ4v) is 1.76. The van der Waals surface area contributed by atoms with Crippen LogP contribution in [0.4, 0.5) is 5.69 Å². The summed E-state index contributed by atoms with van der Waals surface area (Å²) in [7, 11) is 0. The van der Waals surface area contributed by atoms with Crippen LogP contribution in [0.1, 0.15) is 15.9 Å². The molecule has 0 heterocycles. The van der Waals surface area contributed by atoms with E-state index in [9.17, 15) is 9.90 Å². The Morgan fingerprint density at radius 1 is 1.29 bits per heavy atom. The molecular weight excluding hydrogens is 220 g/mol. The number of rotatable bonds is 2. The summed E-state index contributed by atoms with van der Waals surface area (Å²) in [6.07, 6.45) is 0. The molecule has 0 saturated carbocycles. The molecule has 5 heteroatoms. The second-order valence-electron chi connectivity index (χ2n) is 3.76. The molecule has 1 amide bonds. The third-order valence-electron chi connectivity index (χ3n) is 2.69. The maximum Gasteiger partial charge on any atom is 0.248 e. The first-order chi connectivity index (χ1) is 8.04. The van der Waals surface area contributed by atoms with Gasteiger partial charge in [0.15, 0.2) is 0 Å². The summed E-state index contributed by atoms with van der Waals surface area (Å²) in [5.74, 6) is -0.670. The SMILES string of the molecule is NC(=O)c1ccc2c(N)c(O)c(CO)cc2c1. The van der Waals surface area contributed by atoms with Gasteiger partial charge in [0.1, 0.15) is 5.75 Å². The van der Waals surface area contributed by atoms with Crippen LogP contribution in [-0.4, -0.2) is 16.1 Å². The van der Waals surface area contributed by atoms with Crippen LogP contribution in [0, 0.1) is 0 Å². The number of aliphatic hydroxyl groups is 1. The van der Waals surface area contributed by atoms with Gasteiger partial charge in [0.05, 0.1) is 12.3 Å². The van der Waals surface area contributed by atoms with E-state index in [1.165, 1.54) is 0 Å². The molecule has 6 N–H and O–H groups in total. The normalized spacial score (nSPS) is 10.6. The van der Waals surface area contributed by atoms with Crippen molar-refractivity contribution in [1.29, 1.82) is 0 Å². The van der Waals surface area contributed by atoms with Crippen molar-refractivity contribution in [2.45, 2.75) is 6.61 Å². The van der Waals surface area contributed by atoms with Crippen molar-refractivity contribution in [3.05, 3.63) is 35.4 Å². The van der Waals surface area contributed by atoms with Crippen LogP contribution in [0.25, 0.3) is 10.8 Å². The van der Waals surface area contributed by atoms with E-state index < -0.39 is 5.91 Å². The highest BCUT2D eigenvalue weighted by molar-refractivity contribution is 6.02. The number of hydrogen-bond donors (Lipinski definition) is 4. The average molecular weight is 232 g/mol. The fraction of sp³-hybridized carbons (Fsp3) is 0.0833. The van der Waals surface area contributed by atoms with Crippen LogP contribution >= 0.6 is 0 Å². The smallest absolute Gasteiger partial charge is 0.248 e. The molecule has 2 aromatic rings. The maximum atomic E-state index is 11.0. The quantitative estimate of drug-likeness (QED) is 0.451. The lowest BCUT2D eigenvalue weighted by Crippen LogP contribution is -2.10. The highest BCUT2D eigenvalue weighted by Crippen LogP contribution is 2.34. The van der Waals surface area contributed by atoms with Gasteiger partial charge in [-0.05, 0) is 23.6 Å². The number of carbonyl (C=O) groups excluding carboxylic acids is 1. The zero-order valence-corrected chi connectivity index (χ0v) is 8.97. The molecule has 0 fully saturated rings. The van der Waals surface area contributed by atoms with E-state index in [1.54, 1.807) is 24.3 Å². The van der Waals surface area contributed by atoms with Crippen LogP contribution < -0.4 is 11.5 Å². The van der Waals surface area contributed by atoms with Crippen LogP contribution in [0.2, 0.25) is 0 Å². The molecule has 0 unspecified atom stereocenters. The second kappa shape index (κ2) is 3.95. The first kappa shape index (κ1) is 11.2. The van der Waals surface area contributed by atoms with Gasteiger partial charge in [-0.3, -0.25) is 4.79 Å². The number of benzene rings is 2. The summed E-state index contributed by atoms with van der Waals surface area (Å²) in [5.41, 5.74) is 11.8. The minimum absolute atomic E-state index is 0.133. The van der Waals surface area contributed by atoms with Crippen LogP contribution in [0.3, 0.4) is 0 Å². The van der Waals surface area contributed by atoms with E-state index in [4.69, 9.17) is 16.6 Å². The highest BCUT2D eigenvalue weighted by atomic mass is 16.3. The molecule has 17 heavy (non-hydrogen) atoms. The minimum Gasteiger partial charge on any atom is -0.505 e. The zero-order chi connectivity index (χ0) is 12.6. The number of aliphatic hydroxyl groups excluding tert-OH is 1. The standard InChI is InChI=1S/C12H12N2O3/c13-10-9-2-1-6(12(14)17)3-7(9)4-8(5-15)11(10)16/h1-4,15-16H,5,13H2,(H2,14,17). The maximum absolute atomic E-state index is 11.0. The summed E-state index contributed by atoms with van der Waals surface area (Å²) in [5, 5.41) is 20.0. The van der Waals surface area contributed by atoms with Gasteiger partial charge in [-0.25, -0.2) is 0 Å². The first-order valence-corrected chi connectivity index (χ1v) is 4.99. The third kappa shape index (κ3) is 1.76. The molecule has 0 atom stereocenters. The molecule has 0 aromatic heterocycles. The largest absolute Gasteiger partial charge is 0.505 e. The predicted octanol–water partition coefficient (Wildman–Crippen LogP) is 0.719. The monoisotopic (exact) mass is 232 g/mol. The Labute approximate surface area is 97.3 Å². The number of fused-ring (bicyclic) bond motifs is 1. The van der Waals surface area contributed by atoms with Crippen molar-refractivity contribution in [2.24, 2.45) is 5.73 Å². The summed E-state index contributed by atoms with van der Waals surface area (Å²) in [6, 6.07) is 6.31. The lowest BCUT2D eigenvalue weighted by molar-refractivity contribution is 0.100. The molecular formula is C12H12N2O3. The molecule has 0 aliphatic heterocycles. The van der Waals surface area contributed by atoms with Crippen molar-refractivity contribution >= 4 is 22.4 Å². The van der Waals surface area contributed by atoms with E-state index in [2.05, 4.69) is 0 Å². The Kier molecular flexibility index (Phi) is 2.61. The molecule has 5 nitrogen and oxygen atoms in total. The van der Waals surface area contributed by atoms with Crippen LogP contribution in [0.15, 0.2) is 24.3 Å². The number of nitrogens with two attached hydrogens (primary N) is 2. The number of aromatic hydroxyl groups is 1. The Balaban J connectivity index is 2.78. The Hall–Kier alpha value is -2.27. The van der Waals surface area contributed by atoms with E-state index >= 15 is 0 Å². The zero-order valence-electron chi connectivity index (χ0n) is 8.97. The summed E-state index contributed by atoms with van der Waals surface area (Å²) in [6.45, 7) is -0.327. The molecule has 0 aliphatic rings. The molecule has 0 radical (unpaired) electrons. The predicted molar refractivity (Wildman–Crippen MR) is 64.5 cm³/mol. The lowest BCUT2D eigenvalue weighted by atomic mass is 10.0. The van der Waals surface area contributed by atoms with Crippen LogP contribution in [-0.2, 0) is 6.61 Å². The summed E-state index contributed by atoms with van der Waals surface area (Å²) < 4.78 is 0.